The summed E-state index contributed by atoms with van der Waals surface area (Å²) in [5.74, 6) is 0.991. The minimum absolute atomic E-state index is 0.0128. The zero-order valence-electron chi connectivity index (χ0n) is 11.5. The SMILES string of the molecule is C/C(=C\CSc1ccccc1)COC1CCCCO1. The quantitative estimate of drug-likeness (QED) is 0.572. The average molecular weight is 278 g/mol. The summed E-state index contributed by atoms with van der Waals surface area (Å²) in [5.41, 5.74) is 1.28. The first kappa shape index (κ1) is 14.6. The number of hydrogen-bond acceptors (Lipinski definition) is 3. The van der Waals surface area contributed by atoms with Crippen molar-refractivity contribution >= 4 is 11.8 Å². The summed E-state index contributed by atoms with van der Waals surface area (Å²) in [4.78, 5) is 1.31. The maximum Gasteiger partial charge on any atom is 0.158 e. The fourth-order valence-electron chi connectivity index (χ4n) is 1.92. The highest BCUT2D eigenvalue weighted by Gasteiger charge is 2.13. The first-order valence-corrected chi connectivity index (χ1v) is 7.90. The largest absolute Gasteiger partial charge is 0.353 e. The summed E-state index contributed by atoms with van der Waals surface area (Å²) < 4.78 is 11.3. The lowest BCUT2D eigenvalue weighted by Gasteiger charge is -2.22. The molecule has 1 heterocycles. The molecule has 0 spiro atoms. The van der Waals surface area contributed by atoms with E-state index >= 15 is 0 Å². The van der Waals surface area contributed by atoms with Crippen LogP contribution in [-0.4, -0.2) is 25.3 Å². The number of ether oxygens (including phenoxy) is 2. The molecule has 1 aromatic carbocycles. The molecule has 104 valence electrons. The molecule has 0 saturated carbocycles. The van der Waals surface area contributed by atoms with Gasteiger partial charge in [-0.05, 0) is 38.3 Å². The summed E-state index contributed by atoms with van der Waals surface area (Å²) in [6.07, 6.45) is 5.67. The van der Waals surface area contributed by atoms with E-state index in [-0.39, 0.29) is 6.29 Å². The molecule has 0 amide bonds. The minimum Gasteiger partial charge on any atom is -0.353 e. The number of thioether (sulfide) groups is 1. The Morgan fingerprint density at radius 2 is 2.21 bits per heavy atom. The lowest BCUT2D eigenvalue weighted by atomic mass is 10.2. The van der Waals surface area contributed by atoms with Crippen LogP contribution in [0.25, 0.3) is 0 Å². The molecule has 1 aromatic rings. The third kappa shape index (κ3) is 5.81. The van der Waals surface area contributed by atoms with Gasteiger partial charge < -0.3 is 9.47 Å². The van der Waals surface area contributed by atoms with Crippen LogP contribution in [0.15, 0.2) is 46.9 Å². The van der Waals surface area contributed by atoms with Crippen LogP contribution in [0.1, 0.15) is 26.2 Å². The molecule has 1 atom stereocenters. The number of rotatable bonds is 6. The van der Waals surface area contributed by atoms with Gasteiger partial charge in [-0.15, -0.1) is 11.8 Å². The van der Waals surface area contributed by atoms with Gasteiger partial charge in [0.25, 0.3) is 0 Å². The van der Waals surface area contributed by atoms with Gasteiger partial charge in [0, 0.05) is 17.3 Å². The van der Waals surface area contributed by atoms with Crippen molar-refractivity contribution in [3.8, 4) is 0 Å². The van der Waals surface area contributed by atoms with Gasteiger partial charge in [-0.3, -0.25) is 0 Å². The van der Waals surface area contributed by atoms with Crippen LogP contribution in [0.5, 0.6) is 0 Å². The molecule has 1 saturated heterocycles. The van der Waals surface area contributed by atoms with Gasteiger partial charge in [0.1, 0.15) is 0 Å². The average Bonchev–Trinajstić information content (AvgIpc) is 2.47. The van der Waals surface area contributed by atoms with Gasteiger partial charge in [0.05, 0.1) is 6.61 Å². The van der Waals surface area contributed by atoms with Gasteiger partial charge in [-0.2, -0.15) is 0 Å². The summed E-state index contributed by atoms with van der Waals surface area (Å²) in [6, 6.07) is 10.5. The van der Waals surface area contributed by atoms with Gasteiger partial charge in [0.15, 0.2) is 6.29 Å². The lowest BCUT2D eigenvalue weighted by Crippen LogP contribution is -2.22. The zero-order chi connectivity index (χ0) is 13.3. The Labute approximate surface area is 120 Å². The van der Waals surface area contributed by atoms with Crippen molar-refractivity contribution in [3.05, 3.63) is 42.0 Å². The highest BCUT2D eigenvalue weighted by atomic mass is 32.2. The predicted molar refractivity (Wildman–Crippen MR) is 80.5 cm³/mol. The number of benzene rings is 1. The molecule has 2 rings (SSSR count). The van der Waals surface area contributed by atoms with Crippen molar-refractivity contribution in [2.75, 3.05) is 19.0 Å². The van der Waals surface area contributed by atoms with Gasteiger partial charge in [0.2, 0.25) is 0 Å². The maximum atomic E-state index is 5.75. The second-order valence-electron chi connectivity index (χ2n) is 4.78. The molecule has 0 bridgehead atoms. The second-order valence-corrected chi connectivity index (χ2v) is 5.88. The van der Waals surface area contributed by atoms with Crippen molar-refractivity contribution in [3.63, 3.8) is 0 Å². The molecule has 0 radical (unpaired) electrons. The van der Waals surface area contributed by atoms with E-state index < -0.39 is 0 Å². The summed E-state index contributed by atoms with van der Waals surface area (Å²) in [7, 11) is 0. The van der Waals surface area contributed by atoms with Crippen LogP contribution in [0, 0.1) is 0 Å². The van der Waals surface area contributed by atoms with Crippen molar-refractivity contribution in [2.45, 2.75) is 37.4 Å². The van der Waals surface area contributed by atoms with Crippen LogP contribution >= 0.6 is 11.8 Å². The lowest BCUT2D eigenvalue weighted by molar-refractivity contribution is -0.156. The smallest absolute Gasteiger partial charge is 0.158 e. The highest BCUT2D eigenvalue weighted by molar-refractivity contribution is 7.99. The van der Waals surface area contributed by atoms with E-state index in [1.165, 1.54) is 23.3 Å². The van der Waals surface area contributed by atoms with E-state index in [1.54, 1.807) is 0 Å². The molecule has 19 heavy (non-hydrogen) atoms. The topological polar surface area (TPSA) is 18.5 Å². The van der Waals surface area contributed by atoms with E-state index in [9.17, 15) is 0 Å². The Morgan fingerprint density at radius 1 is 1.37 bits per heavy atom. The minimum atomic E-state index is 0.0128. The van der Waals surface area contributed by atoms with E-state index in [2.05, 4.69) is 37.3 Å². The standard InChI is InChI=1S/C16H22O2S/c1-14(13-18-16-9-5-6-11-17-16)10-12-19-15-7-3-2-4-8-15/h2-4,7-8,10,16H,5-6,9,11-13H2,1H3/b14-10+. The summed E-state index contributed by atoms with van der Waals surface area (Å²) >= 11 is 1.85. The second kappa shape index (κ2) is 8.41. The molecule has 1 unspecified atom stereocenters. The van der Waals surface area contributed by atoms with E-state index in [0.29, 0.717) is 6.61 Å². The molecule has 1 aliphatic rings. The highest BCUT2D eigenvalue weighted by Crippen LogP contribution is 2.18. The van der Waals surface area contributed by atoms with Crippen molar-refractivity contribution < 1.29 is 9.47 Å². The van der Waals surface area contributed by atoms with E-state index in [0.717, 1.165) is 18.8 Å². The third-order valence-corrected chi connectivity index (χ3v) is 4.00. The van der Waals surface area contributed by atoms with Crippen molar-refractivity contribution in [2.24, 2.45) is 0 Å². The monoisotopic (exact) mass is 278 g/mol. The molecular formula is C16H22O2S. The van der Waals surface area contributed by atoms with E-state index in [1.807, 2.05) is 17.8 Å². The molecular weight excluding hydrogens is 256 g/mol. The third-order valence-electron chi connectivity index (χ3n) is 3.06. The Bertz CT molecular complexity index is 383. The Balaban J connectivity index is 1.64. The first-order valence-electron chi connectivity index (χ1n) is 6.91. The molecule has 1 aliphatic heterocycles. The van der Waals surface area contributed by atoms with Crippen LogP contribution in [0.2, 0.25) is 0 Å². The molecule has 0 aromatic heterocycles. The fourth-order valence-corrected chi connectivity index (χ4v) is 2.83. The zero-order valence-corrected chi connectivity index (χ0v) is 12.3. The fraction of sp³-hybridized carbons (Fsp3) is 0.500. The van der Waals surface area contributed by atoms with Crippen LogP contribution in [-0.2, 0) is 9.47 Å². The summed E-state index contributed by atoms with van der Waals surface area (Å²) in [5, 5.41) is 0. The molecule has 3 heteroatoms. The molecule has 1 fully saturated rings. The van der Waals surface area contributed by atoms with Gasteiger partial charge >= 0.3 is 0 Å². The predicted octanol–water partition coefficient (Wildman–Crippen LogP) is 4.27. The Kier molecular flexibility index (Phi) is 6.48. The van der Waals surface area contributed by atoms with Crippen LogP contribution in [0.4, 0.5) is 0 Å². The Hall–Kier alpha value is -0.770. The number of hydrogen-bond donors (Lipinski definition) is 0. The van der Waals surface area contributed by atoms with Crippen molar-refractivity contribution in [1.82, 2.24) is 0 Å². The first-order chi connectivity index (χ1) is 9.34. The normalized spacial score (nSPS) is 20.5. The van der Waals surface area contributed by atoms with Gasteiger partial charge in [-0.1, -0.05) is 29.8 Å². The molecule has 0 N–H and O–H groups in total. The van der Waals surface area contributed by atoms with Gasteiger partial charge in [-0.25, -0.2) is 0 Å². The van der Waals surface area contributed by atoms with Crippen LogP contribution < -0.4 is 0 Å². The van der Waals surface area contributed by atoms with Crippen molar-refractivity contribution in [1.29, 1.82) is 0 Å². The van der Waals surface area contributed by atoms with Crippen LogP contribution in [0.3, 0.4) is 0 Å². The molecule has 0 aliphatic carbocycles. The Morgan fingerprint density at radius 3 is 2.95 bits per heavy atom. The maximum absolute atomic E-state index is 5.75. The molecule has 2 nitrogen and oxygen atoms in total. The summed E-state index contributed by atoms with van der Waals surface area (Å²) in [6.45, 7) is 3.64. The van der Waals surface area contributed by atoms with E-state index in [4.69, 9.17) is 9.47 Å².